The summed E-state index contributed by atoms with van der Waals surface area (Å²) in [6.45, 7) is 11.2. The molecule has 5 heteroatoms. The summed E-state index contributed by atoms with van der Waals surface area (Å²) in [6, 6.07) is 4.15. The third-order valence-corrected chi connectivity index (χ3v) is 5.56. The van der Waals surface area contributed by atoms with E-state index in [0.29, 0.717) is 24.0 Å². The Morgan fingerprint density at radius 2 is 1.81 bits per heavy atom. The van der Waals surface area contributed by atoms with Gasteiger partial charge in [-0.1, -0.05) is 26.8 Å². The maximum Gasteiger partial charge on any atom is 0.243 e. The molecule has 120 valence electrons. The van der Waals surface area contributed by atoms with Crippen molar-refractivity contribution in [3.8, 4) is 0 Å². The largest absolute Gasteiger partial charge is 0.310 e. The summed E-state index contributed by atoms with van der Waals surface area (Å²) in [5.41, 5.74) is 2.97. The second kappa shape index (κ2) is 7.38. The number of hydrogen-bond donors (Lipinski definition) is 1. The Hall–Kier alpha value is -0.910. The summed E-state index contributed by atoms with van der Waals surface area (Å²) in [5.74, 6) is 0. The van der Waals surface area contributed by atoms with E-state index in [4.69, 9.17) is 0 Å². The molecule has 1 aromatic rings. The van der Waals surface area contributed by atoms with Gasteiger partial charge in [0.25, 0.3) is 0 Å². The van der Waals surface area contributed by atoms with Crippen molar-refractivity contribution in [2.24, 2.45) is 0 Å². The molecule has 21 heavy (non-hydrogen) atoms. The van der Waals surface area contributed by atoms with Gasteiger partial charge in [-0.15, -0.1) is 0 Å². The van der Waals surface area contributed by atoms with Gasteiger partial charge in [0.05, 0.1) is 4.90 Å². The predicted octanol–water partition coefficient (Wildman–Crippen LogP) is 2.83. The molecule has 0 amide bonds. The van der Waals surface area contributed by atoms with Crippen LogP contribution in [0.2, 0.25) is 0 Å². The summed E-state index contributed by atoms with van der Waals surface area (Å²) in [7, 11) is -1.76. The summed E-state index contributed by atoms with van der Waals surface area (Å²) in [4.78, 5) is 0.421. The molecule has 0 unspecified atom stereocenters. The molecule has 0 aliphatic carbocycles. The molecule has 0 fully saturated rings. The van der Waals surface area contributed by atoms with Crippen LogP contribution in [0.25, 0.3) is 0 Å². The Labute approximate surface area is 129 Å². The van der Waals surface area contributed by atoms with Crippen LogP contribution in [-0.2, 0) is 16.6 Å². The van der Waals surface area contributed by atoms with Crippen LogP contribution in [0.3, 0.4) is 0 Å². The van der Waals surface area contributed by atoms with Crippen LogP contribution in [0.1, 0.15) is 43.9 Å². The van der Waals surface area contributed by atoms with E-state index in [-0.39, 0.29) is 0 Å². The Balaban J connectivity index is 3.21. The summed E-state index contributed by atoms with van der Waals surface area (Å²) in [5, 5.41) is 3.35. The van der Waals surface area contributed by atoms with Crippen molar-refractivity contribution in [3.63, 3.8) is 0 Å². The number of sulfonamides is 1. The summed E-state index contributed by atoms with van der Waals surface area (Å²) < 4.78 is 26.7. The Morgan fingerprint density at radius 1 is 1.19 bits per heavy atom. The molecule has 0 aromatic heterocycles. The zero-order chi connectivity index (χ0) is 16.2. The molecule has 0 aliphatic rings. The van der Waals surface area contributed by atoms with Crippen molar-refractivity contribution in [1.29, 1.82) is 0 Å². The Morgan fingerprint density at radius 3 is 2.33 bits per heavy atom. The Kier molecular flexibility index (Phi) is 6.38. The van der Waals surface area contributed by atoms with Gasteiger partial charge in [-0.3, -0.25) is 0 Å². The molecule has 0 saturated heterocycles. The molecule has 4 nitrogen and oxygen atoms in total. The molecular formula is C16H28N2O2S. The van der Waals surface area contributed by atoms with E-state index in [1.165, 1.54) is 4.31 Å². The first-order valence-electron chi connectivity index (χ1n) is 7.50. The zero-order valence-corrected chi connectivity index (χ0v) is 14.8. The Bertz CT molecular complexity index is 580. The number of nitrogens with zero attached hydrogens (tertiary/aromatic N) is 1. The van der Waals surface area contributed by atoms with Crippen molar-refractivity contribution in [2.75, 3.05) is 13.6 Å². The monoisotopic (exact) mass is 312 g/mol. The first-order chi connectivity index (χ1) is 9.70. The lowest BCUT2D eigenvalue weighted by Gasteiger charge is -2.20. The minimum absolute atomic E-state index is 0.369. The fourth-order valence-electron chi connectivity index (χ4n) is 2.26. The van der Waals surface area contributed by atoms with E-state index >= 15 is 0 Å². The minimum Gasteiger partial charge on any atom is -0.310 e. The fourth-order valence-corrected chi connectivity index (χ4v) is 3.78. The van der Waals surface area contributed by atoms with Crippen molar-refractivity contribution in [1.82, 2.24) is 9.62 Å². The van der Waals surface area contributed by atoms with Gasteiger partial charge in [-0.25, -0.2) is 12.7 Å². The first-order valence-corrected chi connectivity index (χ1v) is 8.94. The highest BCUT2D eigenvalue weighted by molar-refractivity contribution is 7.89. The van der Waals surface area contributed by atoms with Gasteiger partial charge in [0.1, 0.15) is 0 Å². The zero-order valence-electron chi connectivity index (χ0n) is 14.0. The third kappa shape index (κ3) is 4.53. The van der Waals surface area contributed by atoms with E-state index in [1.54, 1.807) is 7.05 Å². The molecule has 0 bridgehead atoms. The highest BCUT2D eigenvalue weighted by Gasteiger charge is 2.23. The molecule has 1 rings (SSSR count). The maximum absolute atomic E-state index is 12.7. The van der Waals surface area contributed by atoms with E-state index in [0.717, 1.165) is 23.1 Å². The van der Waals surface area contributed by atoms with Gasteiger partial charge in [-0.2, -0.15) is 0 Å². The first kappa shape index (κ1) is 18.1. The SMILES string of the molecule is CCCN(C)S(=O)(=O)c1cc(CNC(C)C)c(C)cc1C. The predicted molar refractivity (Wildman–Crippen MR) is 88.0 cm³/mol. The molecule has 0 atom stereocenters. The normalized spacial score (nSPS) is 12.4. The molecule has 0 heterocycles. The van der Waals surface area contributed by atoms with Crippen molar-refractivity contribution >= 4 is 10.0 Å². The molecular weight excluding hydrogens is 284 g/mol. The summed E-state index contributed by atoms with van der Waals surface area (Å²) in [6.07, 6.45) is 0.808. The lowest BCUT2D eigenvalue weighted by Crippen LogP contribution is -2.29. The van der Waals surface area contributed by atoms with E-state index in [9.17, 15) is 8.42 Å². The molecule has 1 N–H and O–H groups in total. The van der Waals surface area contributed by atoms with Crippen LogP contribution in [0.4, 0.5) is 0 Å². The second-order valence-corrected chi connectivity index (χ2v) is 7.92. The topological polar surface area (TPSA) is 49.4 Å². The van der Waals surface area contributed by atoms with Crippen molar-refractivity contribution < 1.29 is 8.42 Å². The molecule has 1 aromatic carbocycles. The average Bonchev–Trinajstić information content (AvgIpc) is 2.37. The maximum atomic E-state index is 12.7. The number of benzene rings is 1. The van der Waals surface area contributed by atoms with Crippen LogP contribution < -0.4 is 5.32 Å². The van der Waals surface area contributed by atoms with Gasteiger partial charge >= 0.3 is 0 Å². The van der Waals surface area contributed by atoms with Gasteiger partial charge in [0.2, 0.25) is 10.0 Å². The number of rotatable bonds is 7. The van der Waals surface area contributed by atoms with Gasteiger partial charge in [0.15, 0.2) is 0 Å². The average molecular weight is 312 g/mol. The van der Waals surface area contributed by atoms with Crippen LogP contribution in [0.15, 0.2) is 17.0 Å². The standard InChI is InChI=1S/C16H28N2O2S/c1-7-8-18(6)21(19,20)16-10-15(11-17-12(2)3)13(4)9-14(16)5/h9-10,12,17H,7-8,11H2,1-6H3. The van der Waals surface area contributed by atoms with Crippen LogP contribution in [0.5, 0.6) is 0 Å². The van der Waals surface area contributed by atoms with E-state index < -0.39 is 10.0 Å². The lowest BCUT2D eigenvalue weighted by atomic mass is 10.1. The van der Waals surface area contributed by atoms with Gasteiger partial charge in [0, 0.05) is 26.2 Å². The van der Waals surface area contributed by atoms with Crippen LogP contribution in [0, 0.1) is 13.8 Å². The van der Waals surface area contributed by atoms with Crippen LogP contribution in [-0.4, -0.2) is 32.4 Å². The highest BCUT2D eigenvalue weighted by atomic mass is 32.2. The van der Waals surface area contributed by atoms with Crippen LogP contribution >= 0.6 is 0 Å². The second-order valence-electron chi connectivity index (χ2n) is 5.91. The highest BCUT2D eigenvalue weighted by Crippen LogP contribution is 2.23. The smallest absolute Gasteiger partial charge is 0.243 e. The van der Waals surface area contributed by atoms with Crippen molar-refractivity contribution in [3.05, 3.63) is 28.8 Å². The van der Waals surface area contributed by atoms with E-state index in [1.807, 2.05) is 32.9 Å². The van der Waals surface area contributed by atoms with E-state index in [2.05, 4.69) is 19.2 Å². The number of hydrogen-bond acceptors (Lipinski definition) is 3. The van der Waals surface area contributed by atoms with Crippen molar-refractivity contribution in [2.45, 2.75) is 58.5 Å². The molecule has 0 radical (unpaired) electrons. The number of nitrogens with one attached hydrogen (secondary N) is 1. The summed E-state index contributed by atoms with van der Waals surface area (Å²) >= 11 is 0. The lowest BCUT2D eigenvalue weighted by molar-refractivity contribution is 0.468. The third-order valence-electron chi connectivity index (χ3n) is 3.56. The minimum atomic E-state index is -3.40. The molecule has 0 spiro atoms. The fraction of sp³-hybridized carbons (Fsp3) is 0.625. The number of aryl methyl sites for hydroxylation is 2. The van der Waals surface area contributed by atoms with Gasteiger partial charge in [-0.05, 0) is 43.0 Å². The quantitative estimate of drug-likeness (QED) is 0.842. The molecule has 0 saturated carbocycles. The molecule has 0 aliphatic heterocycles. The van der Waals surface area contributed by atoms with Gasteiger partial charge < -0.3 is 5.32 Å².